The number of unbranched alkanes of at least 4 members (excludes halogenated alkanes) is 2. The van der Waals surface area contributed by atoms with Crippen molar-refractivity contribution in [1.82, 2.24) is 4.90 Å². The van der Waals surface area contributed by atoms with Crippen LogP contribution in [-0.2, 0) is 25.8 Å². The van der Waals surface area contributed by atoms with Gasteiger partial charge in [-0.15, -0.1) is 11.3 Å². The molecule has 1 aromatic heterocycles. The zero-order valence-corrected chi connectivity index (χ0v) is 26.0. The molecule has 0 spiro atoms. The van der Waals surface area contributed by atoms with Gasteiger partial charge in [0.2, 0.25) is 0 Å². The maximum Gasteiger partial charge on any atom is 0.162 e. The number of nitrogens with zero attached hydrogens (tertiary/aromatic N) is 2. The van der Waals surface area contributed by atoms with Crippen LogP contribution in [0.4, 0.5) is 5.69 Å². The first-order chi connectivity index (χ1) is 19.5. The fourth-order valence-electron chi connectivity index (χ4n) is 5.97. The molecule has 0 fully saturated rings. The van der Waals surface area contributed by atoms with Gasteiger partial charge in [0.25, 0.3) is 0 Å². The number of methoxy groups -OCH3 is 2. The Labute approximate surface area is 245 Å². The first kappa shape index (κ1) is 30.3. The summed E-state index contributed by atoms with van der Waals surface area (Å²) in [5.41, 5.74) is 5.15. The molecule has 218 valence electrons. The van der Waals surface area contributed by atoms with Gasteiger partial charge in [-0.05, 0) is 105 Å². The molecule has 0 aliphatic heterocycles. The summed E-state index contributed by atoms with van der Waals surface area (Å²) >= 11 is 1.96. The average Bonchev–Trinajstić information content (AvgIpc) is 3.44. The molecule has 0 radical (unpaired) electrons. The van der Waals surface area contributed by atoms with Gasteiger partial charge in [0.05, 0.1) is 20.8 Å². The Balaban J connectivity index is 1.53. The van der Waals surface area contributed by atoms with E-state index in [0.29, 0.717) is 11.7 Å². The molecule has 40 heavy (non-hydrogen) atoms. The maximum absolute atomic E-state index is 9.97. The molecular weight excluding hydrogens is 516 g/mol. The quantitative estimate of drug-likeness (QED) is 0.191. The molecule has 0 amide bonds. The number of thiophene rings is 1. The summed E-state index contributed by atoms with van der Waals surface area (Å²) in [6, 6.07) is 14.9. The molecule has 1 aliphatic carbocycles. The SMILES string of the molecule is CCCCCN(CC)CCc1ccc(CN(CC)c2cc(OC)c(OC)cc2C2CCc3cc(O)ccc3C2)s1. The van der Waals surface area contributed by atoms with Crippen LogP contribution >= 0.6 is 11.3 Å². The second-order valence-electron chi connectivity index (χ2n) is 10.9. The van der Waals surface area contributed by atoms with E-state index in [4.69, 9.17) is 9.47 Å². The van der Waals surface area contributed by atoms with Crippen molar-refractivity contribution in [3.63, 3.8) is 0 Å². The Bertz CT molecular complexity index is 1220. The monoisotopic (exact) mass is 564 g/mol. The Morgan fingerprint density at radius 1 is 0.875 bits per heavy atom. The summed E-state index contributed by atoms with van der Waals surface area (Å²) in [7, 11) is 3.43. The number of aromatic hydroxyl groups is 1. The van der Waals surface area contributed by atoms with Gasteiger partial charge in [-0.1, -0.05) is 32.8 Å². The summed E-state index contributed by atoms with van der Waals surface area (Å²) < 4.78 is 11.5. The number of ether oxygens (including phenoxy) is 2. The van der Waals surface area contributed by atoms with Crippen LogP contribution in [0, 0.1) is 0 Å². The number of phenolic OH excluding ortho intramolecular Hbond substituents is 1. The molecule has 5 nitrogen and oxygen atoms in total. The minimum atomic E-state index is 0.357. The van der Waals surface area contributed by atoms with Crippen molar-refractivity contribution in [3.8, 4) is 17.2 Å². The van der Waals surface area contributed by atoms with Crippen LogP contribution in [0.2, 0.25) is 0 Å². The minimum absolute atomic E-state index is 0.357. The van der Waals surface area contributed by atoms with Crippen LogP contribution in [0.5, 0.6) is 17.2 Å². The van der Waals surface area contributed by atoms with Crippen LogP contribution in [0.1, 0.15) is 78.8 Å². The average molecular weight is 565 g/mol. The number of benzene rings is 2. The van der Waals surface area contributed by atoms with Crippen molar-refractivity contribution in [2.45, 2.75) is 78.2 Å². The summed E-state index contributed by atoms with van der Waals surface area (Å²) in [5, 5.41) is 9.97. The second-order valence-corrected chi connectivity index (χ2v) is 12.2. The van der Waals surface area contributed by atoms with Crippen LogP contribution < -0.4 is 14.4 Å². The molecule has 6 heteroatoms. The third-order valence-electron chi connectivity index (χ3n) is 8.38. The number of hydrogen-bond donors (Lipinski definition) is 1. The highest BCUT2D eigenvalue weighted by atomic mass is 32.1. The number of hydrogen-bond acceptors (Lipinski definition) is 6. The summed E-state index contributed by atoms with van der Waals surface area (Å²) in [6.07, 6.45) is 8.00. The summed E-state index contributed by atoms with van der Waals surface area (Å²) in [4.78, 5) is 7.95. The van der Waals surface area contributed by atoms with Gasteiger partial charge in [0.1, 0.15) is 5.75 Å². The molecule has 1 atom stereocenters. The topological polar surface area (TPSA) is 45.2 Å². The normalized spacial score (nSPS) is 14.8. The highest BCUT2D eigenvalue weighted by Gasteiger charge is 2.26. The Kier molecular flexibility index (Phi) is 11.2. The Hall–Kier alpha value is -2.70. The predicted octanol–water partition coefficient (Wildman–Crippen LogP) is 7.82. The number of phenols is 1. The Morgan fingerprint density at radius 2 is 1.65 bits per heavy atom. The second kappa shape index (κ2) is 14.8. The molecular formula is C34H48N2O3S. The van der Waals surface area contributed by atoms with Gasteiger partial charge in [-0.25, -0.2) is 0 Å². The number of likely N-dealkylation sites (N-methyl/N-ethyl adjacent to an activating group) is 1. The number of fused-ring (bicyclic) bond motifs is 1. The lowest BCUT2D eigenvalue weighted by atomic mass is 9.79. The minimum Gasteiger partial charge on any atom is -0.508 e. The number of anilines is 1. The zero-order valence-electron chi connectivity index (χ0n) is 25.2. The lowest BCUT2D eigenvalue weighted by Crippen LogP contribution is -2.26. The van der Waals surface area contributed by atoms with Crippen molar-refractivity contribution < 1.29 is 14.6 Å². The molecule has 1 N–H and O–H groups in total. The van der Waals surface area contributed by atoms with E-state index in [1.54, 1.807) is 14.2 Å². The summed E-state index contributed by atoms with van der Waals surface area (Å²) in [5.74, 6) is 2.30. The van der Waals surface area contributed by atoms with E-state index in [9.17, 15) is 5.11 Å². The van der Waals surface area contributed by atoms with E-state index in [1.807, 2.05) is 23.5 Å². The number of rotatable bonds is 15. The molecule has 3 aromatic rings. The molecule has 0 bridgehead atoms. The molecule has 0 saturated carbocycles. The fourth-order valence-corrected chi connectivity index (χ4v) is 6.99. The Morgan fingerprint density at radius 3 is 2.38 bits per heavy atom. The largest absolute Gasteiger partial charge is 0.508 e. The lowest BCUT2D eigenvalue weighted by molar-refractivity contribution is 0.285. The summed E-state index contributed by atoms with van der Waals surface area (Å²) in [6.45, 7) is 12.1. The highest BCUT2D eigenvalue weighted by Crippen LogP contribution is 2.44. The van der Waals surface area contributed by atoms with Crippen LogP contribution in [-0.4, -0.2) is 50.4 Å². The van der Waals surface area contributed by atoms with Gasteiger partial charge in [-0.2, -0.15) is 0 Å². The van der Waals surface area contributed by atoms with Crippen molar-refractivity contribution in [3.05, 3.63) is 68.9 Å². The van der Waals surface area contributed by atoms with E-state index in [2.05, 4.69) is 60.9 Å². The van der Waals surface area contributed by atoms with Crippen molar-refractivity contribution in [2.75, 3.05) is 45.3 Å². The van der Waals surface area contributed by atoms with E-state index in [0.717, 1.165) is 63.4 Å². The third-order valence-corrected chi connectivity index (χ3v) is 9.51. The van der Waals surface area contributed by atoms with Crippen molar-refractivity contribution in [1.29, 1.82) is 0 Å². The smallest absolute Gasteiger partial charge is 0.162 e. The fraction of sp³-hybridized carbons (Fsp3) is 0.529. The molecule has 1 aliphatic rings. The molecule has 0 saturated heterocycles. The van der Waals surface area contributed by atoms with Crippen LogP contribution in [0.15, 0.2) is 42.5 Å². The van der Waals surface area contributed by atoms with Crippen LogP contribution in [0.3, 0.4) is 0 Å². The standard InChI is InChI=1S/C34H48N2O3S/c1-6-9-10-18-35(7-2)19-17-29-15-16-30(40-29)24-36(8-3)32-23-34(39-5)33(38-4)22-31(32)27-12-11-26-21-28(37)14-13-25(26)20-27/h13-16,21-23,27,37H,6-12,17-20,24H2,1-5H3. The van der Waals surface area contributed by atoms with E-state index in [-0.39, 0.29) is 0 Å². The maximum atomic E-state index is 9.97. The zero-order chi connectivity index (χ0) is 28.5. The van der Waals surface area contributed by atoms with Crippen LogP contribution in [0.25, 0.3) is 0 Å². The van der Waals surface area contributed by atoms with Crippen molar-refractivity contribution >= 4 is 17.0 Å². The first-order valence-corrected chi connectivity index (χ1v) is 15.9. The van der Waals surface area contributed by atoms with Gasteiger partial charge in [-0.3, -0.25) is 0 Å². The first-order valence-electron chi connectivity index (χ1n) is 15.1. The molecule has 2 aromatic carbocycles. The lowest BCUT2D eigenvalue weighted by Gasteiger charge is -2.32. The van der Waals surface area contributed by atoms with E-state index >= 15 is 0 Å². The number of aryl methyl sites for hydroxylation is 1. The van der Waals surface area contributed by atoms with E-state index in [1.165, 1.54) is 57.9 Å². The molecule has 1 heterocycles. The van der Waals surface area contributed by atoms with Gasteiger partial charge in [0, 0.05) is 34.6 Å². The third kappa shape index (κ3) is 7.52. The highest BCUT2D eigenvalue weighted by molar-refractivity contribution is 7.12. The van der Waals surface area contributed by atoms with Crippen molar-refractivity contribution in [2.24, 2.45) is 0 Å². The molecule has 1 unspecified atom stereocenters. The predicted molar refractivity (Wildman–Crippen MR) is 169 cm³/mol. The molecule has 4 rings (SSSR count). The van der Waals surface area contributed by atoms with E-state index < -0.39 is 0 Å². The van der Waals surface area contributed by atoms with Gasteiger partial charge >= 0.3 is 0 Å². The van der Waals surface area contributed by atoms with Gasteiger partial charge < -0.3 is 24.4 Å². The van der Waals surface area contributed by atoms with Gasteiger partial charge in [0.15, 0.2) is 11.5 Å².